The maximum atomic E-state index is 12.2. The largest absolute Gasteiger partial charge is 0.454 e. The van der Waals surface area contributed by atoms with Crippen LogP contribution in [0.1, 0.15) is 113 Å². The highest BCUT2D eigenvalue weighted by Gasteiger charge is 2.85. The first-order valence-corrected chi connectivity index (χ1v) is 21.8. The van der Waals surface area contributed by atoms with E-state index in [1.807, 2.05) is 0 Å². The van der Waals surface area contributed by atoms with E-state index < -0.39 is 103 Å². The number of ether oxygens (including phenoxy) is 6. The molecule has 0 amide bonds. The maximum absolute atomic E-state index is 12.2. The molecular weight excluding hydrogens is 756 g/mol. The molecule has 332 valence electrons. The third kappa shape index (κ3) is 6.17. The minimum atomic E-state index is -1.62. The molecule has 0 aromatic rings. The molecule has 5 saturated carbocycles. The van der Waals surface area contributed by atoms with Crippen LogP contribution in [0, 0.1) is 44.8 Å². The van der Waals surface area contributed by atoms with Crippen LogP contribution in [0.25, 0.3) is 0 Å². The van der Waals surface area contributed by atoms with Crippen LogP contribution in [-0.4, -0.2) is 151 Å². The van der Waals surface area contributed by atoms with Crippen LogP contribution in [0.15, 0.2) is 0 Å². The summed E-state index contributed by atoms with van der Waals surface area (Å²) in [4.78, 5) is 12.1. The van der Waals surface area contributed by atoms with Crippen molar-refractivity contribution in [3.63, 3.8) is 0 Å². The fraction of sp³-hybridized carbons (Fsp3) is 0.977. The van der Waals surface area contributed by atoms with E-state index in [4.69, 9.17) is 28.4 Å². The van der Waals surface area contributed by atoms with Gasteiger partial charge in [0, 0.05) is 12.8 Å². The molecule has 0 aromatic heterocycles. The van der Waals surface area contributed by atoms with E-state index in [2.05, 4.69) is 34.6 Å². The molecule has 58 heavy (non-hydrogen) atoms. The van der Waals surface area contributed by atoms with Crippen molar-refractivity contribution in [1.29, 1.82) is 0 Å². The number of carbonyl (C=O) groups is 1. The number of fused-ring (bicyclic) bond motifs is 2. The standard InChI is InChI=1S/C43H70O15/c1-20(45)54-32-28(48)22(47)18-53-36(32)57-26-10-12-43-19-42(43)14-13-39(6)33(41(8)11-9-27(58-41)38(4,5)52)21(46)16-40(39,7)25(42)15-23(34(43)37(26,2)3)55-35-31(51)30(50)29(49)24(17-44)56-35/h21-36,44,46-52H,9-19H2,1-8H3/t21-,22-,23+,24?,25?,26+,27+,28?,29-,30?,31?,32?,33?,34?,35-,36+,39-,40+,41?,42+,43-/m1/s1. The van der Waals surface area contributed by atoms with Gasteiger partial charge in [-0.05, 0) is 117 Å². The first-order chi connectivity index (χ1) is 26.9. The summed E-state index contributed by atoms with van der Waals surface area (Å²) in [6.07, 6.45) is -7.66. The summed E-state index contributed by atoms with van der Waals surface area (Å²) in [5.74, 6) is -0.931. The minimum absolute atomic E-state index is 0.0829. The second-order valence-corrected chi connectivity index (χ2v) is 21.6. The third-order valence-electron chi connectivity index (χ3n) is 17.9. The normalized spacial score (nSPS) is 56.1. The maximum Gasteiger partial charge on any atom is 0.303 e. The number of aliphatic hydroxyl groups is 8. The molecule has 8 fully saturated rings. The van der Waals surface area contributed by atoms with Gasteiger partial charge in [0.1, 0.15) is 36.6 Å². The molecule has 0 bridgehead atoms. The third-order valence-corrected chi connectivity index (χ3v) is 17.9. The predicted octanol–water partition coefficient (Wildman–Crippen LogP) is 1.29. The highest BCUT2D eigenvalue weighted by molar-refractivity contribution is 5.66. The second-order valence-electron chi connectivity index (χ2n) is 21.6. The molecule has 3 aliphatic heterocycles. The van der Waals surface area contributed by atoms with Crippen molar-refractivity contribution in [3.8, 4) is 0 Å². The Labute approximate surface area is 341 Å². The molecule has 3 heterocycles. The molecule has 15 nitrogen and oxygen atoms in total. The lowest BCUT2D eigenvalue weighted by Crippen LogP contribution is -2.65. The minimum Gasteiger partial charge on any atom is -0.454 e. The number of hydrogen-bond donors (Lipinski definition) is 8. The van der Waals surface area contributed by atoms with Crippen molar-refractivity contribution in [2.75, 3.05) is 13.2 Å². The lowest BCUT2D eigenvalue weighted by molar-refractivity contribution is -0.339. The molecule has 8 aliphatic rings. The molecule has 15 heteroatoms. The first-order valence-electron chi connectivity index (χ1n) is 21.8. The summed E-state index contributed by atoms with van der Waals surface area (Å²) >= 11 is 0. The molecular formula is C43H70O15. The SMILES string of the molecule is CC(=O)OC1C(O)[C@H](O)CO[C@H]1O[C@H]1CC[C@]23C[C@]24CC[C@]2(C)C(C5(C)CC[C@@H](C(C)(C)O)O5)[C@H](O)C[C@@]2(C)C4C[C@H](O[C@@H]2OC(CO)[C@@H](O)C(O)C2O)C3C1(C)C. The Morgan fingerprint density at radius 2 is 1.50 bits per heavy atom. The van der Waals surface area contributed by atoms with Crippen molar-refractivity contribution in [2.45, 2.75) is 204 Å². The van der Waals surface area contributed by atoms with Crippen LogP contribution in [0.2, 0.25) is 0 Å². The van der Waals surface area contributed by atoms with Gasteiger partial charge in [0.05, 0.1) is 48.8 Å². The Kier molecular flexibility index (Phi) is 10.7. The van der Waals surface area contributed by atoms with Crippen molar-refractivity contribution < 1.29 is 74.1 Å². The Balaban J connectivity index is 1.15. The quantitative estimate of drug-likeness (QED) is 0.127. The molecule has 8 N–H and O–H groups in total. The van der Waals surface area contributed by atoms with Crippen LogP contribution in [0.5, 0.6) is 0 Å². The zero-order valence-electron chi connectivity index (χ0n) is 35.5. The zero-order chi connectivity index (χ0) is 42.3. The molecule has 3 saturated heterocycles. The number of carbonyl (C=O) groups excluding carboxylic acids is 1. The van der Waals surface area contributed by atoms with E-state index in [0.29, 0.717) is 25.7 Å². The van der Waals surface area contributed by atoms with Crippen molar-refractivity contribution in [3.05, 3.63) is 0 Å². The summed E-state index contributed by atoms with van der Waals surface area (Å²) in [6.45, 7) is 15.0. The van der Waals surface area contributed by atoms with E-state index in [0.717, 1.165) is 32.1 Å². The summed E-state index contributed by atoms with van der Waals surface area (Å²) in [7, 11) is 0. The number of hydrogen-bond acceptors (Lipinski definition) is 15. The average molecular weight is 827 g/mol. The Hall–Kier alpha value is -1.05. The summed E-state index contributed by atoms with van der Waals surface area (Å²) < 4.78 is 37.8. The van der Waals surface area contributed by atoms with E-state index in [9.17, 15) is 45.6 Å². The van der Waals surface area contributed by atoms with E-state index in [-0.39, 0.29) is 52.1 Å². The molecule has 8 rings (SSSR count). The fourth-order valence-corrected chi connectivity index (χ4v) is 15.2. The average Bonchev–Trinajstić information content (AvgIpc) is 3.50. The Morgan fingerprint density at radius 3 is 2.14 bits per heavy atom. The van der Waals surface area contributed by atoms with Gasteiger partial charge in [-0.2, -0.15) is 0 Å². The van der Waals surface area contributed by atoms with Gasteiger partial charge in [-0.15, -0.1) is 0 Å². The molecule has 0 radical (unpaired) electrons. The van der Waals surface area contributed by atoms with E-state index in [1.54, 1.807) is 13.8 Å². The highest BCUT2D eigenvalue weighted by atomic mass is 16.7. The molecule has 0 aromatic carbocycles. The Bertz CT molecular complexity index is 1570. The van der Waals surface area contributed by atoms with Crippen LogP contribution < -0.4 is 0 Å². The van der Waals surface area contributed by atoms with Crippen LogP contribution in [-0.2, 0) is 33.2 Å². The zero-order valence-corrected chi connectivity index (χ0v) is 35.5. The van der Waals surface area contributed by atoms with Gasteiger partial charge in [-0.3, -0.25) is 4.79 Å². The van der Waals surface area contributed by atoms with E-state index >= 15 is 0 Å². The second kappa shape index (κ2) is 14.2. The monoisotopic (exact) mass is 826 g/mol. The molecule has 21 atom stereocenters. The van der Waals surface area contributed by atoms with Gasteiger partial charge in [0.15, 0.2) is 18.7 Å². The fourth-order valence-electron chi connectivity index (χ4n) is 15.2. The number of rotatable bonds is 8. The van der Waals surface area contributed by atoms with Crippen LogP contribution in [0.3, 0.4) is 0 Å². The molecule has 5 aliphatic carbocycles. The van der Waals surface area contributed by atoms with Crippen LogP contribution >= 0.6 is 0 Å². The topological polar surface area (TPSA) is 234 Å². The molecule has 9 unspecified atom stereocenters. The Morgan fingerprint density at radius 1 is 0.793 bits per heavy atom. The lowest BCUT2D eigenvalue weighted by atomic mass is 9.41. The number of esters is 1. The summed E-state index contributed by atoms with van der Waals surface area (Å²) in [5, 5.41) is 87.3. The van der Waals surface area contributed by atoms with E-state index in [1.165, 1.54) is 6.92 Å². The summed E-state index contributed by atoms with van der Waals surface area (Å²) in [5.41, 5.74) is -3.32. The highest BCUT2D eigenvalue weighted by Crippen LogP contribution is 2.89. The van der Waals surface area contributed by atoms with Crippen LogP contribution in [0.4, 0.5) is 0 Å². The van der Waals surface area contributed by atoms with Gasteiger partial charge >= 0.3 is 5.97 Å². The van der Waals surface area contributed by atoms with Gasteiger partial charge in [0.2, 0.25) is 0 Å². The van der Waals surface area contributed by atoms with Gasteiger partial charge < -0.3 is 69.3 Å². The summed E-state index contributed by atoms with van der Waals surface area (Å²) in [6, 6.07) is 0. The van der Waals surface area contributed by atoms with Gasteiger partial charge in [0.25, 0.3) is 0 Å². The van der Waals surface area contributed by atoms with Gasteiger partial charge in [-0.25, -0.2) is 0 Å². The lowest BCUT2D eigenvalue weighted by Gasteiger charge is -2.65. The smallest absolute Gasteiger partial charge is 0.303 e. The molecule has 2 spiro atoms. The van der Waals surface area contributed by atoms with Crippen molar-refractivity contribution >= 4 is 5.97 Å². The van der Waals surface area contributed by atoms with Crippen molar-refractivity contribution in [2.24, 2.45) is 44.8 Å². The first kappa shape index (κ1) is 43.6. The van der Waals surface area contributed by atoms with Crippen molar-refractivity contribution in [1.82, 2.24) is 0 Å². The van der Waals surface area contributed by atoms with Gasteiger partial charge in [-0.1, -0.05) is 27.7 Å². The number of aliphatic hydroxyl groups excluding tert-OH is 7. The predicted molar refractivity (Wildman–Crippen MR) is 203 cm³/mol.